The Morgan fingerprint density at radius 1 is 1.44 bits per heavy atom. The number of nitrogens with zero attached hydrogens (tertiary/aromatic N) is 1. The van der Waals surface area contributed by atoms with E-state index in [9.17, 15) is 0 Å². The molecule has 2 rings (SSSR count). The first-order valence-corrected chi connectivity index (χ1v) is 5.80. The number of hydrogen-bond donors (Lipinski definition) is 1. The summed E-state index contributed by atoms with van der Waals surface area (Å²) in [4.78, 5) is 7.80. The van der Waals surface area contributed by atoms with Gasteiger partial charge in [-0.3, -0.25) is 4.99 Å². The average molecular weight is 235 g/mol. The topological polar surface area (TPSA) is 28.1 Å². The van der Waals surface area contributed by atoms with Gasteiger partial charge in [0.25, 0.3) is 0 Å². The highest BCUT2D eigenvalue weighted by molar-refractivity contribution is 6.31. The summed E-state index contributed by atoms with van der Waals surface area (Å²) >= 11 is 5.97. The van der Waals surface area contributed by atoms with Crippen molar-refractivity contribution >= 4 is 28.2 Å². The van der Waals surface area contributed by atoms with E-state index in [2.05, 4.69) is 16.9 Å². The van der Waals surface area contributed by atoms with Crippen LogP contribution in [0.4, 0.5) is 0 Å². The second kappa shape index (κ2) is 4.30. The summed E-state index contributed by atoms with van der Waals surface area (Å²) in [6.07, 6.45) is 0. The van der Waals surface area contributed by atoms with E-state index in [4.69, 9.17) is 11.6 Å². The van der Waals surface area contributed by atoms with Gasteiger partial charge in [-0.15, -0.1) is 0 Å². The molecule has 0 aliphatic carbocycles. The van der Waals surface area contributed by atoms with Crippen LogP contribution in [0.2, 0.25) is 5.02 Å². The molecule has 16 heavy (non-hydrogen) atoms. The monoisotopic (exact) mass is 234 g/mol. The van der Waals surface area contributed by atoms with E-state index < -0.39 is 0 Å². The molecule has 1 aromatic carbocycles. The molecule has 0 saturated heterocycles. The number of H-pyrrole nitrogens is 1. The minimum absolute atomic E-state index is 0.755. The third kappa shape index (κ3) is 1.85. The maximum absolute atomic E-state index is 5.97. The van der Waals surface area contributed by atoms with E-state index in [0.717, 1.165) is 28.5 Å². The highest BCUT2D eigenvalue weighted by Gasteiger charge is 2.09. The van der Waals surface area contributed by atoms with Crippen LogP contribution < -0.4 is 0 Å². The molecular weight excluding hydrogens is 220 g/mol. The molecule has 1 aromatic heterocycles. The molecule has 0 spiro atoms. The number of aromatic nitrogens is 1. The van der Waals surface area contributed by atoms with Crippen LogP contribution in [0.1, 0.15) is 25.1 Å². The molecule has 0 atom stereocenters. The maximum atomic E-state index is 5.97. The van der Waals surface area contributed by atoms with Crippen LogP contribution in [-0.2, 0) is 0 Å². The molecule has 0 unspecified atom stereocenters. The number of fused-ring (bicyclic) bond motifs is 1. The third-order valence-electron chi connectivity index (χ3n) is 2.78. The Kier molecular flexibility index (Phi) is 3.01. The molecule has 2 aromatic rings. The fourth-order valence-electron chi connectivity index (χ4n) is 1.99. The van der Waals surface area contributed by atoms with Crippen LogP contribution in [0.3, 0.4) is 0 Å². The SMILES string of the molecule is CC/N=C(/C)c1[nH]c2cc(Cl)ccc2c1C. The molecule has 3 heteroatoms. The predicted molar refractivity (Wildman–Crippen MR) is 70.8 cm³/mol. The summed E-state index contributed by atoms with van der Waals surface area (Å²) in [5, 5.41) is 1.97. The smallest absolute Gasteiger partial charge is 0.0632 e. The lowest BCUT2D eigenvalue weighted by Crippen LogP contribution is -1.97. The van der Waals surface area contributed by atoms with Gasteiger partial charge in [0.05, 0.1) is 11.4 Å². The van der Waals surface area contributed by atoms with Crippen molar-refractivity contribution in [2.24, 2.45) is 4.99 Å². The molecule has 1 N–H and O–H groups in total. The lowest BCUT2D eigenvalue weighted by molar-refractivity contribution is 1.12. The normalized spacial score (nSPS) is 12.4. The molecule has 84 valence electrons. The molecular formula is C13H15ClN2. The number of aromatic amines is 1. The number of aliphatic imine (C=N–C) groups is 1. The van der Waals surface area contributed by atoms with E-state index in [-0.39, 0.29) is 0 Å². The molecule has 0 aliphatic heterocycles. The molecule has 0 fully saturated rings. The largest absolute Gasteiger partial charge is 0.353 e. The van der Waals surface area contributed by atoms with Crippen LogP contribution in [0.25, 0.3) is 10.9 Å². The first kappa shape index (κ1) is 11.2. The number of benzene rings is 1. The van der Waals surface area contributed by atoms with Crippen molar-refractivity contribution in [1.29, 1.82) is 0 Å². The molecule has 1 heterocycles. The van der Waals surface area contributed by atoms with Crippen molar-refractivity contribution in [3.8, 4) is 0 Å². The first-order chi connectivity index (χ1) is 7.63. The number of nitrogens with one attached hydrogen (secondary N) is 1. The number of aryl methyl sites for hydroxylation is 1. The Hall–Kier alpha value is -1.28. The van der Waals surface area contributed by atoms with Gasteiger partial charge in [-0.1, -0.05) is 17.7 Å². The molecule has 2 nitrogen and oxygen atoms in total. The Balaban J connectivity index is 2.64. The summed E-state index contributed by atoms with van der Waals surface area (Å²) in [6.45, 7) is 6.99. The number of rotatable bonds is 2. The van der Waals surface area contributed by atoms with E-state index >= 15 is 0 Å². The van der Waals surface area contributed by atoms with E-state index in [1.165, 1.54) is 10.9 Å². The van der Waals surface area contributed by atoms with Crippen molar-refractivity contribution in [3.05, 3.63) is 34.5 Å². The minimum atomic E-state index is 0.755. The predicted octanol–water partition coefficient (Wildman–Crippen LogP) is 3.96. The van der Waals surface area contributed by atoms with E-state index in [1.807, 2.05) is 32.0 Å². The van der Waals surface area contributed by atoms with Gasteiger partial charge in [0.2, 0.25) is 0 Å². The quantitative estimate of drug-likeness (QED) is 0.762. The van der Waals surface area contributed by atoms with Crippen molar-refractivity contribution in [1.82, 2.24) is 4.98 Å². The van der Waals surface area contributed by atoms with E-state index in [0.29, 0.717) is 0 Å². The summed E-state index contributed by atoms with van der Waals surface area (Å²) in [5.74, 6) is 0. The summed E-state index contributed by atoms with van der Waals surface area (Å²) < 4.78 is 0. The molecule has 0 amide bonds. The summed E-state index contributed by atoms with van der Waals surface area (Å²) in [5.41, 5.74) is 4.47. The lowest BCUT2D eigenvalue weighted by atomic mass is 10.1. The average Bonchev–Trinajstić information content (AvgIpc) is 2.56. The highest BCUT2D eigenvalue weighted by Crippen LogP contribution is 2.24. The lowest BCUT2D eigenvalue weighted by Gasteiger charge is -1.98. The highest BCUT2D eigenvalue weighted by atomic mass is 35.5. The van der Waals surface area contributed by atoms with Crippen LogP contribution in [-0.4, -0.2) is 17.2 Å². The standard InChI is InChI=1S/C13H15ClN2/c1-4-15-9(3)13-8(2)11-6-5-10(14)7-12(11)16-13/h5-7,16H,4H2,1-3H3/b15-9-. The molecule has 0 aliphatic rings. The Morgan fingerprint density at radius 2 is 2.19 bits per heavy atom. The van der Waals surface area contributed by atoms with Crippen molar-refractivity contribution in [2.75, 3.05) is 6.54 Å². The number of hydrogen-bond acceptors (Lipinski definition) is 1. The van der Waals surface area contributed by atoms with Gasteiger partial charge in [-0.05, 0) is 38.5 Å². The minimum Gasteiger partial charge on any atom is -0.353 e. The van der Waals surface area contributed by atoms with Gasteiger partial charge >= 0.3 is 0 Å². The van der Waals surface area contributed by atoms with Gasteiger partial charge in [-0.2, -0.15) is 0 Å². The van der Waals surface area contributed by atoms with E-state index in [1.54, 1.807) is 0 Å². The number of halogens is 1. The van der Waals surface area contributed by atoms with Gasteiger partial charge in [0, 0.05) is 22.5 Å². The van der Waals surface area contributed by atoms with Gasteiger partial charge in [-0.25, -0.2) is 0 Å². The van der Waals surface area contributed by atoms with Crippen LogP contribution >= 0.6 is 11.6 Å². The summed E-state index contributed by atoms with van der Waals surface area (Å²) in [6, 6.07) is 5.92. The van der Waals surface area contributed by atoms with Crippen LogP contribution in [0, 0.1) is 6.92 Å². The zero-order valence-electron chi connectivity index (χ0n) is 9.76. The zero-order valence-corrected chi connectivity index (χ0v) is 10.5. The second-order valence-electron chi connectivity index (χ2n) is 3.87. The molecule has 0 saturated carbocycles. The fourth-order valence-corrected chi connectivity index (χ4v) is 2.16. The van der Waals surface area contributed by atoms with Crippen LogP contribution in [0.15, 0.2) is 23.2 Å². The maximum Gasteiger partial charge on any atom is 0.0632 e. The Morgan fingerprint density at radius 3 is 2.88 bits per heavy atom. The molecule has 0 radical (unpaired) electrons. The van der Waals surface area contributed by atoms with Crippen molar-refractivity contribution < 1.29 is 0 Å². The Labute approximate surface area is 100 Å². The first-order valence-electron chi connectivity index (χ1n) is 5.42. The Bertz CT molecular complexity index is 552. The zero-order chi connectivity index (χ0) is 11.7. The van der Waals surface area contributed by atoms with Crippen molar-refractivity contribution in [3.63, 3.8) is 0 Å². The van der Waals surface area contributed by atoms with Gasteiger partial charge in [0.15, 0.2) is 0 Å². The fraction of sp³-hybridized carbons (Fsp3) is 0.308. The van der Waals surface area contributed by atoms with Gasteiger partial charge in [0.1, 0.15) is 0 Å². The van der Waals surface area contributed by atoms with Crippen molar-refractivity contribution in [2.45, 2.75) is 20.8 Å². The molecule has 0 bridgehead atoms. The third-order valence-corrected chi connectivity index (χ3v) is 3.01. The second-order valence-corrected chi connectivity index (χ2v) is 4.31. The van der Waals surface area contributed by atoms with Gasteiger partial charge < -0.3 is 4.98 Å². The van der Waals surface area contributed by atoms with Crippen LogP contribution in [0.5, 0.6) is 0 Å². The summed E-state index contributed by atoms with van der Waals surface area (Å²) in [7, 11) is 0.